The number of anilines is 2. The summed E-state index contributed by atoms with van der Waals surface area (Å²) >= 11 is 0. The number of aromatic nitrogens is 2. The number of aryl methyl sites for hydroxylation is 1. The molecule has 0 aromatic carbocycles. The van der Waals surface area contributed by atoms with E-state index in [1.54, 1.807) is 0 Å². The first-order chi connectivity index (χ1) is 8.69. The van der Waals surface area contributed by atoms with Crippen molar-refractivity contribution < 1.29 is 9.53 Å². The van der Waals surface area contributed by atoms with E-state index in [0.717, 1.165) is 18.9 Å². The summed E-state index contributed by atoms with van der Waals surface area (Å²) in [4.78, 5) is 22.0. The van der Waals surface area contributed by atoms with Gasteiger partial charge in [-0.3, -0.25) is 4.79 Å². The molecule has 2 heterocycles. The molecule has 18 heavy (non-hydrogen) atoms. The molecule has 0 aliphatic carbocycles. The fourth-order valence-electron chi connectivity index (χ4n) is 1.99. The standard InChI is InChI=1S/C12H18N4O2/c1-9-14-10(13-8-12(17)18-2)7-11(15-9)16-5-3-4-6-16/h7H,3-6,8H2,1-2H3,(H,13,14,15). The predicted octanol–water partition coefficient (Wildman–Crippen LogP) is 0.970. The van der Waals surface area contributed by atoms with Crippen LogP contribution in [0.5, 0.6) is 0 Å². The minimum atomic E-state index is -0.311. The van der Waals surface area contributed by atoms with Crippen LogP contribution in [-0.2, 0) is 9.53 Å². The van der Waals surface area contributed by atoms with Crippen molar-refractivity contribution in [2.24, 2.45) is 0 Å². The van der Waals surface area contributed by atoms with E-state index in [2.05, 4.69) is 24.9 Å². The van der Waals surface area contributed by atoms with E-state index in [-0.39, 0.29) is 12.5 Å². The van der Waals surface area contributed by atoms with Gasteiger partial charge in [0.1, 0.15) is 24.0 Å². The van der Waals surface area contributed by atoms with Gasteiger partial charge >= 0.3 is 5.97 Å². The molecule has 0 amide bonds. The number of rotatable bonds is 4. The maximum absolute atomic E-state index is 11.1. The molecule has 0 unspecified atom stereocenters. The molecule has 1 saturated heterocycles. The van der Waals surface area contributed by atoms with Crippen molar-refractivity contribution in [2.45, 2.75) is 19.8 Å². The van der Waals surface area contributed by atoms with E-state index in [9.17, 15) is 4.79 Å². The summed E-state index contributed by atoms with van der Waals surface area (Å²) in [5.74, 6) is 1.97. The van der Waals surface area contributed by atoms with E-state index < -0.39 is 0 Å². The van der Waals surface area contributed by atoms with Gasteiger partial charge in [-0.05, 0) is 19.8 Å². The predicted molar refractivity (Wildman–Crippen MR) is 68.7 cm³/mol. The van der Waals surface area contributed by atoms with E-state index in [1.807, 2.05) is 13.0 Å². The number of nitrogens with zero attached hydrogens (tertiary/aromatic N) is 3. The van der Waals surface area contributed by atoms with Crippen LogP contribution in [0.2, 0.25) is 0 Å². The average Bonchev–Trinajstić information content (AvgIpc) is 2.89. The molecule has 0 radical (unpaired) electrons. The first-order valence-electron chi connectivity index (χ1n) is 6.10. The molecule has 6 nitrogen and oxygen atoms in total. The van der Waals surface area contributed by atoms with E-state index in [1.165, 1.54) is 20.0 Å². The van der Waals surface area contributed by atoms with Crippen molar-refractivity contribution in [3.63, 3.8) is 0 Å². The summed E-state index contributed by atoms with van der Waals surface area (Å²) in [6, 6.07) is 1.88. The van der Waals surface area contributed by atoms with Gasteiger partial charge in [-0.1, -0.05) is 0 Å². The quantitative estimate of drug-likeness (QED) is 0.803. The largest absolute Gasteiger partial charge is 0.468 e. The molecule has 1 fully saturated rings. The minimum Gasteiger partial charge on any atom is -0.468 e. The molecule has 1 N–H and O–H groups in total. The Morgan fingerprint density at radius 1 is 1.44 bits per heavy atom. The van der Waals surface area contributed by atoms with Gasteiger partial charge in [-0.2, -0.15) is 0 Å². The molecule has 1 aromatic rings. The highest BCUT2D eigenvalue weighted by atomic mass is 16.5. The summed E-state index contributed by atoms with van der Waals surface area (Å²) in [6.45, 7) is 4.04. The van der Waals surface area contributed by atoms with Crippen LogP contribution in [0.4, 0.5) is 11.6 Å². The zero-order valence-corrected chi connectivity index (χ0v) is 10.8. The Morgan fingerprint density at radius 2 is 2.17 bits per heavy atom. The first-order valence-corrected chi connectivity index (χ1v) is 6.10. The monoisotopic (exact) mass is 250 g/mol. The van der Waals surface area contributed by atoms with Gasteiger partial charge in [-0.15, -0.1) is 0 Å². The molecule has 6 heteroatoms. The zero-order chi connectivity index (χ0) is 13.0. The van der Waals surface area contributed by atoms with Crippen LogP contribution in [-0.4, -0.2) is 42.7 Å². The Balaban J connectivity index is 2.08. The fraction of sp³-hybridized carbons (Fsp3) is 0.583. The normalized spacial score (nSPS) is 14.7. The molecular formula is C12H18N4O2. The number of hydrogen-bond acceptors (Lipinski definition) is 6. The summed E-state index contributed by atoms with van der Waals surface area (Å²) in [6.07, 6.45) is 2.40. The first kappa shape index (κ1) is 12.6. The Bertz CT molecular complexity index is 430. The van der Waals surface area contributed by atoms with E-state index in [4.69, 9.17) is 0 Å². The van der Waals surface area contributed by atoms with Crippen molar-refractivity contribution >= 4 is 17.6 Å². The third-order valence-corrected chi connectivity index (χ3v) is 2.90. The van der Waals surface area contributed by atoms with Crippen molar-refractivity contribution in [2.75, 3.05) is 37.0 Å². The van der Waals surface area contributed by atoms with Crippen LogP contribution < -0.4 is 10.2 Å². The van der Waals surface area contributed by atoms with E-state index in [0.29, 0.717) is 11.6 Å². The molecule has 0 atom stereocenters. The Morgan fingerprint density at radius 3 is 2.83 bits per heavy atom. The Labute approximate surface area is 106 Å². The van der Waals surface area contributed by atoms with Gasteiger partial charge in [0.15, 0.2) is 0 Å². The van der Waals surface area contributed by atoms with E-state index >= 15 is 0 Å². The van der Waals surface area contributed by atoms with Crippen LogP contribution in [0.1, 0.15) is 18.7 Å². The number of hydrogen-bond donors (Lipinski definition) is 1. The highest BCUT2D eigenvalue weighted by molar-refractivity contribution is 5.74. The van der Waals surface area contributed by atoms with Crippen LogP contribution in [0, 0.1) is 6.92 Å². The molecular weight excluding hydrogens is 232 g/mol. The van der Waals surface area contributed by atoms with Crippen molar-refractivity contribution in [3.05, 3.63) is 11.9 Å². The molecule has 1 aliphatic rings. The summed E-state index contributed by atoms with van der Waals surface area (Å²) in [7, 11) is 1.37. The van der Waals surface area contributed by atoms with Crippen LogP contribution in [0.15, 0.2) is 6.07 Å². The summed E-state index contributed by atoms with van der Waals surface area (Å²) in [5, 5.41) is 2.95. The Hall–Kier alpha value is -1.85. The van der Waals surface area contributed by atoms with Gasteiger partial charge in [0.25, 0.3) is 0 Å². The molecule has 0 spiro atoms. The van der Waals surface area contributed by atoms with Gasteiger partial charge in [0.05, 0.1) is 7.11 Å². The number of ether oxygens (including phenoxy) is 1. The number of carbonyl (C=O) groups excluding carboxylic acids is 1. The molecule has 0 bridgehead atoms. The smallest absolute Gasteiger partial charge is 0.325 e. The lowest BCUT2D eigenvalue weighted by Gasteiger charge is -2.17. The lowest BCUT2D eigenvalue weighted by atomic mass is 10.4. The number of carbonyl (C=O) groups is 1. The summed E-state index contributed by atoms with van der Waals surface area (Å²) < 4.78 is 4.58. The minimum absolute atomic E-state index is 0.117. The zero-order valence-electron chi connectivity index (χ0n) is 10.8. The van der Waals surface area contributed by atoms with Gasteiger partial charge in [-0.25, -0.2) is 9.97 Å². The number of nitrogens with one attached hydrogen (secondary N) is 1. The molecule has 98 valence electrons. The molecule has 1 aliphatic heterocycles. The second kappa shape index (κ2) is 5.66. The van der Waals surface area contributed by atoms with Gasteiger partial charge < -0.3 is 15.0 Å². The second-order valence-electron chi connectivity index (χ2n) is 4.28. The lowest BCUT2D eigenvalue weighted by molar-refractivity contribution is -0.138. The highest BCUT2D eigenvalue weighted by Gasteiger charge is 2.15. The summed E-state index contributed by atoms with van der Waals surface area (Å²) in [5.41, 5.74) is 0. The second-order valence-corrected chi connectivity index (χ2v) is 4.28. The third-order valence-electron chi connectivity index (χ3n) is 2.90. The molecule has 1 aromatic heterocycles. The third kappa shape index (κ3) is 3.09. The number of methoxy groups -OCH3 is 1. The van der Waals surface area contributed by atoms with Crippen LogP contribution in [0.3, 0.4) is 0 Å². The fourth-order valence-corrected chi connectivity index (χ4v) is 1.99. The molecule has 2 rings (SSSR count). The average molecular weight is 250 g/mol. The van der Waals surface area contributed by atoms with Crippen LogP contribution in [0.25, 0.3) is 0 Å². The van der Waals surface area contributed by atoms with Crippen molar-refractivity contribution in [3.8, 4) is 0 Å². The topological polar surface area (TPSA) is 67.3 Å². The lowest BCUT2D eigenvalue weighted by Crippen LogP contribution is -2.21. The van der Waals surface area contributed by atoms with Crippen molar-refractivity contribution in [1.29, 1.82) is 0 Å². The number of esters is 1. The maximum atomic E-state index is 11.1. The Kier molecular flexibility index (Phi) is 3.96. The van der Waals surface area contributed by atoms with Crippen molar-refractivity contribution in [1.82, 2.24) is 9.97 Å². The van der Waals surface area contributed by atoms with Gasteiger partial charge in [0, 0.05) is 19.2 Å². The maximum Gasteiger partial charge on any atom is 0.325 e. The van der Waals surface area contributed by atoms with Crippen LogP contribution >= 0.6 is 0 Å². The highest BCUT2D eigenvalue weighted by Crippen LogP contribution is 2.20. The SMILES string of the molecule is COC(=O)CNc1cc(N2CCCC2)nc(C)n1. The van der Waals surface area contributed by atoms with Gasteiger partial charge in [0.2, 0.25) is 0 Å². The molecule has 0 saturated carbocycles.